The van der Waals surface area contributed by atoms with E-state index < -0.39 is 11.0 Å². The van der Waals surface area contributed by atoms with Crippen molar-refractivity contribution in [2.45, 2.75) is 88.6 Å². The summed E-state index contributed by atoms with van der Waals surface area (Å²) in [5.74, 6) is 0.520. The van der Waals surface area contributed by atoms with Gasteiger partial charge in [-0.05, 0) is 79.6 Å². The smallest absolute Gasteiger partial charge is 0.280 e. The normalized spacial score (nSPS) is 19.0. The second-order valence-corrected chi connectivity index (χ2v) is 13.7. The molecule has 1 atom stereocenters. The average Bonchev–Trinajstić information content (AvgIpc) is 3.23. The highest BCUT2D eigenvalue weighted by atomic mass is 79.9. The van der Waals surface area contributed by atoms with Crippen LogP contribution >= 0.6 is 27.3 Å². The Balaban J connectivity index is 1.60. The van der Waals surface area contributed by atoms with Crippen LogP contribution in [-0.4, -0.2) is 39.9 Å². The van der Waals surface area contributed by atoms with E-state index in [-0.39, 0.29) is 17.5 Å². The molecule has 2 N–H and O–H groups in total. The Morgan fingerprint density at radius 1 is 1.17 bits per heavy atom. The molecule has 1 saturated heterocycles. The molecular formula is C26H36BrN3O3S2. The van der Waals surface area contributed by atoms with Crippen molar-refractivity contribution in [3.63, 3.8) is 0 Å². The van der Waals surface area contributed by atoms with Gasteiger partial charge in [0.1, 0.15) is 11.0 Å². The second-order valence-electron chi connectivity index (χ2n) is 10.6. The molecule has 6 nitrogen and oxygen atoms in total. The van der Waals surface area contributed by atoms with Crippen LogP contribution in [0.2, 0.25) is 0 Å². The second kappa shape index (κ2) is 11.9. The molecule has 1 aliphatic carbocycles. The molecule has 2 fully saturated rings. The quantitative estimate of drug-likeness (QED) is 0.419. The number of nitrogens with zero attached hydrogens (tertiary/aromatic N) is 1. The summed E-state index contributed by atoms with van der Waals surface area (Å²) in [6, 6.07) is 6.06. The number of rotatable bonds is 7. The Bertz CT molecular complexity index is 1050. The van der Waals surface area contributed by atoms with E-state index in [1.807, 2.05) is 39.0 Å². The highest BCUT2D eigenvalue weighted by Crippen LogP contribution is 2.37. The molecule has 0 spiro atoms. The van der Waals surface area contributed by atoms with E-state index in [0.717, 1.165) is 39.9 Å². The van der Waals surface area contributed by atoms with Crippen molar-refractivity contribution in [1.29, 1.82) is 0 Å². The van der Waals surface area contributed by atoms with Crippen molar-refractivity contribution in [3.8, 4) is 10.4 Å². The summed E-state index contributed by atoms with van der Waals surface area (Å²) in [5.41, 5.74) is 1.75. The van der Waals surface area contributed by atoms with Gasteiger partial charge in [0.2, 0.25) is 0 Å². The van der Waals surface area contributed by atoms with Crippen LogP contribution < -0.4 is 10.0 Å². The van der Waals surface area contributed by atoms with Crippen LogP contribution in [0.3, 0.4) is 0 Å². The van der Waals surface area contributed by atoms with Crippen LogP contribution in [-0.2, 0) is 22.1 Å². The van der Waals surface area contributed by atoms with Crippen molar-refractivity contribution < 1.29 is 13.7 Å². The summed E-state index contributed by atoms with van der Waals surface area (Å²) in [7, 11) is -1.33. The van der Waals surface area contributed by atoms with E-state index >= 15 is 0 Å². The van der Waals surface area contributed by atoms with Gasteiger partial charge in [0.05, 0.1) is 15.5 Å². The number of nitrogens with one attached hydrogen (secondary N) is 2. The molecule has 0 bridgehead atoms. The van der Waals surface area contributed by atoms with Crippen LogP contribution in [0.5, 0.6) is 0 Å². The number of ether oxygens (including phenoxy) is 1. The van der Waals surface area contributed by atoms with Crippen LogP contribution in [0.15, 0.2) is 27.6 Å². The number of hydrogen-bond acceptors (Lipinski definition) is 5. The van der Waals surface area contributed by atoms with Gasteiger partial charge in [-0.1, -0.05) is 38.2 Å². The zero-order valence-electron chi connectivity index (χ0n) is 20.8. The lowest BCUT2D eigenvalue weighted by Crippen LogP contribution is -2.38. The molecule has 1 aliphatic heterocycles. The third-order valence-corrected chi connectivity index (χ3v) is 10.1. The maximum atomic E-state index is 13.1. The molecule has 9 heteroatoms. The van der Waals surface area contributed by atoms with Crippen LogP contribution in [0, 0.1) is 5.92 Å². The average molecular weight is 583 g/mol. The molecular weight excluding hydrogens is 546 g/mol. The fourth-order valence-electron chi connectivity index (χ4n) is 4.69. The Hall–Kier alpha value is -1.13. The third-order valence-electron chi connectivity index (χ3n) is 6.45. The van der Waals surface area contributed by atoms with E-state index in [0.29, 0.717) is 29.0 Å². The molecule has 2 aliphatic rings. The Morgan fingerprint density at radius 3 is 2.54 bits per heavy atom. The topological polar surface area (TPSA) is 80.3 Å². The molecule has 1 amide bonds. The van der Waals surface area contributed by atoms with Crippen molar-refractivity contribution in [3.05, 3.63) is 33.4 Å². The highest BCUT2D eigenvalue weighted by molar-refractivity contribution is 9.10. The first-order chi connectivity index (χ1) is 16.7. The highest BCUT2D eigenvalue weighted by Gasteiger charge is 2.25. The Labute approximate surface area is 223 Å². The number of carbonyl (C=O) groups excluding carboxylic acids is 1. The van der Waals surface area contributed by atoms with Gasteiger partial charge in [0.15, 0.2) is 5.01 Å². The summed E-state index contributed by atoms with van der Waals surface area (Å²) >= 11 is 5.10. The lowest BCUT2D eigenvalue weighted by atomic mass is 9.85. The van der Waals surface area contributed by atoms with Gasteiger partial charge in [-0.25, -0.2) is 13.9 Å². The number of amides is 1. The summed E-state index contributed by atoms with van der Waals surface area (Å²) < 4.78 is 22.2. The maximum absolute atomic E-state index is 13.1. The van der Waals surface area contributed by atoms with Gasteiger partial charge in [-0.2, -0.15) is 0 Å². The third kappa shape index (κ3) is 7.44. The zero-order valence-corrected chi connectivity index (χ0v) is 24.0. The van der Waals surface area contributed by atoms with Crippen molar-refractivity contribution in [1.82, 2.24) is 15.0 Å². The monoisotopic (exact) mass is 581 g/mol. The van der Waals surface area contributed by atoms with Gasteiger partial charge in [-0.15, -0.1) is 11.3 Å². The largest absolute Gasteiger partial charge is 0.381 e. The predicted octanol–water partition coefficient (Wildman–Crippen LogP) is 6.01. The molecule has 4 rings (SSSR count). The molecule has 1 aromatic heterocycles. The van der Waals surface area contributed by atoms with Crippen LogP contribution in [0.25, 0.3) is 10.4 Å². The summed E-state index contributed by atoms with van der Waals surface area (Å²) in [4.78, 5) is 19.7. The van der Waals surface area contributed by atoms with Crippen molar-refractivity contribution in [2.75, 3.05) is 13.2 Å². The molecule has 192 valence electrons. The van der Waals surface area contributed by atoms with Crippen molar-refractivity contribution >= 4 is 44.2 Å². The lowest BCUT2D eigenvalue weighted by Gasteiger charge is -2.22. The summed E-state index contributed by atoms with van der Waals surface area (Å²) in [6.07, 6.45) is 8.88. The SMILES string of the molecule is CC(C)(C)NS(=O)c1ccc(-c2sc(C(=O)NC3CCOCC3)nc2CC2CCCCC2)cc1Br. The first-order valence-corrected chi connectivity index (χ1v) is 15.3. The summed E-state index contributed by atoms with van der Waals surface area (Å²) in [5, 5.41) is 3.68. The van der Waals surface area contributed by atoms with Gasteiger partial charge in [-0.3, -0.25) is 4.79 Å². The minimum absolute atomic E-state index is 0.0933. The molecule has 0 radical (unpaired) electrons. The number of benzene rings is 1. The fraction of sp³-hybridized carbons (Fsp3) is 0.615. The molecule has 2 heterocycles. The van der Waals surface area contributed by atoms with Crippen molar-refractivity contribution in [2.24, 2.45) is 5.92 Å². The molecule has 35 heavy (non-hydrogen) atoms. The number of carbonyl (C=O) groups is 1. The van der Waals surface area contributed by atoms with E-state index in [1.54, 1.807) is 0 Å². The van der Waals surface area contributed by atoms with E-state index in [9.17, 15) is 9.00 Å². The fourth-order valence-corrected chi connectivity index (χ4v) is 7.60. The minimum atomic E-state index is -1.33. The van der Waals surface area contributed by atoms with Gasteiger partial charge in [0, 0.05) is 29.3 Å². The first kappa shape index (κ1) is 26.9. The van der Waals surface area contributed by atoms with Gasteiger partial charge in [0.25, 0.3) is 5.91 Å². The number of thiazole rings is 1. The predicted molar refractivity (Wildman–Crippen MR) is 146 cm³/mol. The van der Waals surface area contributed by atoms with E-state index in [2.05, 4.69) is 26.0 Å². The Morgan fingerprint density at radius 2 is 1.89 bits per heavy atom. The first-order valence-electron chi connectivity index (χ1n) is 12.6. The molecule has 1 unspecified atom stereocenters. The molecule has 1 saturated carbocycles. The zero-order chi connectivity index (χ0) is 25.0. The van der Waals surface area contributed by atoms with Gasteiger partial charge < -0.3 is 10.1 Å². The number of aromatic nitrogens is 1. The number of halogens is 1. The molecule has 2 aromatic rings. The van der Waals surface area contributed by atoms with E-state index in [1.165, 1.54) is 43.4 Å². The molecule has 1 aromatic carbocycles. The van der Waals surface area contributed by atoms with Crippen LogP contribution in [0.1, 0.15) is 81.2 Å². The minimum Gasteiger partial charge on any atom is -0.381 e. The lowest BCUT2D eigenvalue weighted by molar-refractivity contribution is 0.0696. The van der Waals surface area contributed by atoms with Crippen LogP contribution in [0.4, 0.5) is 0 Å². The number of hydrogen-bond donors (Lipinski definition) is 2. The van der Waals surface area contributed by atoms with Gasteiger partial charge >= 0.3 is 0 Å². The maximum Gasteiger partial charge on any atom is 0.280 e. The summed E-state index contributed by atoms with van der Waals surface area (Å²) in [6.45, 7) is 7.36. The standard InChI is InChI=1S/C26H36BrN3O3S2/c1-26(2,3)30-35(32)22-10-9-18(16-20(22)27)23-21(15-17-7-5-4-6-8-17)29-25(34-23)24(31)28-19-11-13-33-14-12-19/h9-10,16-17,19,30H,4-8,11-15H2,1-3H3,(H,28,31). The van der Waals surface area contributed by atoms with E-state index in [4.69, 9.17) is 9.72 Å². The Kier molecular flexibility index (Phi) is 9.19.